The first-order chi connectivity index (χ1) is 16.1. The van der Waals surface area contributed by atoms with Gasteiger partial charge in [0.25, 0.3) is 5.56 Å². The smallest absolute Gasteiger partial charge is 0.258 e. The van der Waals surface area contributed by atoms with Gasteiger partial charge in [0.15, 0.2) is 5.16 Å². The Morgan fingerprint density at radius 1 is 1.21 bits per heavy atom. The van der Waals surface area contributed by atoms with Crippen molar-refractivity contribution < 1.29 is 9.90 Å². The van der Waals surface area contributed by atoms with Gasteiger partial charge in [0, 0.05) is 25.4 Å². The molecule has 33 heavy (non-hydrogen) atoms. The van der Waals surface area contributed by atoms with Crippen molar-refractivity contribution in [3.63, 3.8) is 0 Å². The van der Waals surface area contributed by atoms with E-state index >= 15 is 0 Å². The van der Waals surface area contributed by atoms with Crippen molar-refractivity contribution in [1.29, 1.82) is 0 Å². The molecular weight excluding hydrogens is 436 g/mol. The summed E-state index contributed by atoms with van der Waals surface area (Å²) in [6.45, 7) is 0.695. The van der Waals surface area contributed by atoms with Gasteiger partial charge in [0.05, 0.1) is 17.4 Å². The zero-order chi connectivity index (χ0) is 23.0. The summed E-state index contributed by atoms with van der Waals surface area (Å²) in [5.74, 6) is -0.199. The van der Waals surface area contributed by atoms with Crippen molar-refractivity contribution in [2.45, 2.75) is 36.9 Å². The van der Waals surface area contributed by atoms with Crippen molar-refractivity contribution in [2.24, 2.45) is 0 Å². The number of rotatable bonds is 7. The first-order valence-corrected chi connectivity index (χ1v) is 12.0. The van der Waals surface area contributed by atoms with Gasteiger partial charge in [0.2, 0.25) is 11.8 Å². The Balaban J connectivity index is 1.39. The minimum absolute atomic E-state index is 0.0136. The molecule has 7 nitrogen and oxygen atoms in total. The molecule has 1 aromatic carbocycles. The van der Waals surface area contributed by atoms with Gasteiger partial charge in [-0.05, 0) is 36.5 Å². The largest absolute Gasteiger partial charge is 0.493 e. The van der Waals surface area contributed by atoms with Crippen LogP contribution in [0.15, 0.2) is 70.9 Å². The van der Waals surface area contributed by atoms with Crippen molar-refractivity contribution in [1.82, 2.24) is 19.9 Å². The normalized spacial score (nSPS) is 16.2. The van der Waals surface area contributed by atoms with E-state index in [0.717, 1.165) is 42.2 Å². The number of amides is 1. The lowest BCUT2D eigenvalue weighted by atomic mass is 9.96. The Bertz CT molecular complexity index is 1170. The van der Waals surface area contributed by atoms with Crippen LogP contribution in [0, 0.1) is 0 Å². The van der Waals surface area contributed by atoms with Gasteiger partial charge in [-0.2, -0.15) is 4.98 Å². The van der Waals surface area contributed by atoms with E-state index in [1.807, 2.05) is 65.7 Å². The highest BCUT2D eigenvalue weighted by Gasteiger charge is 2.28. The Morgan fingerprint density at radius 3 is 2.82 bits per heavy atom. The molecule has 1 atom stereocenters. The summed E-state index contributed by atoms with van der Waals surface area (Å²) in [4.78, 5) is 38.3. The van der Waals surface area contributed by atoms with Crippen LogP contribution in [-0.4, -0.2) is 43.2 Å². The van der Waals surface area contributed by atoms with Gasteiger partial charge in [-0.25, -0.2) is 0 Å². The number of H-pyrrole nitrogens is 1. The molecule has 3 aromatic rings. The molecule has 1 aliphatic rings. The number of allylic oxidation sites excluding steroid dienone is 1. The second kappa shape index (κ2) is 11.0. The molecule has 1 fully saturated rings. The Kier molecular flexibility index (Phi) is 7.57. The van der Waals surface area contributed by atoms with E-state index in [0.29, 0.717) is 6.54 Å². The number of thioether (sulfide) groups is 1. The van der Waals surface area contributed by atoms with Crippen molar-refractivity contribution in [2.75, 3.05) is 12.3 Å². The third kappa shape index (κ3) is 5.90. The number of likely N-dealkylation sites (tertiary alicyclic amines) is 1. The molecule has 1 amide bonds. The summed E-state index contributed by atoms with van der Waals surface area (Å²) in [5.41, 5.74) is 1.84. The average Bonchev–Trinajstić information content (AvgIpc) is 2.85. The predicted molar refractivity (Wildman–Crippen MR) is 129 cm³/mol. The molecule has 4 rings (SSSR count). The molecule has 0 saturated carbocycles. The number of pyridine rings is 1. The molecule has 1 aliphatic heterocycles. The lowest BCUT2D eigenvalue weighted by Gasteiger charge is -2.36. The quantitative estimate of drug-likeness (QED) is 0.407. The number of nitrogens with one attached hydrogen (secondary N) is 1. The molecule has 0 radical (unpaired) electrons. The van der Waals surface area contributed by atoms with Gasteiger partial charge in [-0.3, -0.25) is 14.6 Å². The first kappa shape index (κ1) is 22.8. The molecule has 0 aliphatic carbocycles. The summed E-state index contributed by atoms with van der Waals surface area (Å²) in [7, 11) is 0. The number of carbonyl (C=O) groups excluding carboxylic acids is 1. The van der Waals surface area contributed by atoms with Crippen molar-refractivity contribution >= 4 is 23.7 Å². The molecule has 1 saturated heterocycles. The topological polar surface area (TPSA) is 99.2 Å². The zero-order valence-corrected chi connectivity index (χ0v) is 19.0. The van der Waals surface area contributed by atoms with E-state index in [1.165, 1.54) is 0 Å². The standard InChI is InChI=1S/C25H26N4O3S/c30-22(29-15-5-4-13-21(29)19-11-7-14-26-16-19)17-33-25-27-23(31)20(24(32)28-25)12-6-10-18-8-2-1-3-9-18/h1-3,6-11,14,16,21H,4-5,12-13,15,17H2,(H2,27,28,31,32). The van der Waals surface area contributed by atoms with Crippen LogP contribution in [0.2, 0.25) is 0 Å². The number of hydrogen-bond acceptors (Lipinski definition) is 6. The van der Waals surface area contributed by atoms with E-state index in [-0.39, 0.29) is 40.7 Å². The van der Waals surface area contributed by atoms with Crippen LogP contribution in [-0.2, 0) is 11.2 Å². The summed E-state index contributed by atoms with van der Waals surface area (Å²) in [6.07, 6.45) is 10.4. The van der Waals surface area contributed by atoms with E-state index in [1.54, 1.807) is 6.20 Å². The summed E-state index contributed by atoms with van der Waals surface area (Å²) in [6, 6.07) is 13.6. The zero-order valence-electron chi connectivity index (χ0n) is 18.2. The number of carbonyl (C=O) groups is 1. The number of piperidine rings is 1. The fraction of sp³-hybridized carbons (Fsp3) is 0.280. The third-order valence-corrected chi connectivity index (χ3v) is 6.49. The SMILES string of the molecule is O=C(CSc1nc(O)c(CC=Cc2ccccc2)c(=O)[nH]1)N1CCCCC1c1cccnc1. The minimum Gasteiger partial charge on any atom is -0.493 e. The van der Waals surface area contributed by atoms with E-state index < -0.39 is 5.56 Å². The highest BCUT2D eigenvalue weighted by molar-refractivity contribution is 7.99. The van der Waals surface area contributed by atoms with Gasteiger partial charge in [-0.1, -0.05) is 60.3 Å². The molecule has 170 valence electrons. The van der Waals surface area contributed by atoms with Crippen LogP contribution in [0.25, 0.3) is 6.08 Å². The Morgan fingerprint density at radius 2 is 2.06 bits per heavy atom. The van der Waals surface area contributed by atoms with E-state index in [9.17, 15) is 14.7 Å². The van der Waals surface area contributed by atoms with E-state index in [4.69, 9.17) is 0 Å². The molecular formula is C25H26N4O3S. The van der Waals surface area contributed by atoms with Crippen LogP contribution >= 0.6 is 11.8 Å². The number of benzene rings is 1. The summed E-state index contributed by atoms with van der Waals surface area (Å²) >= 11 is 1.13. The number of hydrogen-bond donors (Lipinski definition) is 2. The number of nitrogens with zero attached hydrogens (tertiary/aromatic N) is 3. The van der Waals surface area contributed by atoms with Crippen molar-refractivity contribution in [3.8, 4) is 5.88 Å². The van der Waals surface area contributed by atoms with Crippen LogP contribution in [0.5, 0.6) is 5.88 Å². The molecule has 8 heteroatoms. The predicted octanol–water partition coefficient (Wildman–Crippen LogP) is 3.97. The summed E-state index contributed by atoms with van der Waals surface area (Å²) < 4.78 is 0. The van der Waals surface area contributed by atoms with E-state index in [2.05, 4.69) is 15.0 Å². The lowest BCUT2D eigenvalue weighted by molar-refractivity contribution is -0.132. The molecule has 2 aromatic heterocycles. The average molecular weight is 463 g/mol. The van der Waals surface area contributed by atoms with Crippen LogP contribution in [0.1, 0.15) is 42.0 Å². The second-order valence-corrected chi connectivity index (χ2v) is 8.83. The molecule has 0 bridgehead atoms. The minimum atomic E-state index is -0.402. The van der Waals surface area contributed by atoms with Crippen LogP contribution in [0.3, 0.4) is 0 Å². The Hall–Kier alpha value is -3.39. The molecule has 0 spiro atoms. The third-order valence-electron chi connectivity index (χ3n) is 5.63. The van der Waals surface area contributed by atoms with Gasteiger partial charge >= 0.3 is 0 Å². The lowest BCUT2D eigenvalue weighted by Crippen LogP contribution is -2.39. The molecule has 3 heterocycles. The highest BCUT2D eigenvalue weighted by Crippen LogP contribution is 2.31. The first-order valence-electron chi connectivity index (χ1n) is 11.0. The maximum Gasteiger partial charge on any atom is 0.258 e. The second-order valence-electron chi connectivity index (χ2n) is 7.86. The number of aromatic hydroxyl groups is 1. The molecule has 1 unspecified atom stereocenters. The van der Waals surface area contributed by atoms with Gasteiger partial charge in [0.1, 0.15) is 0 Å². The fourth-order valence-electron chi connectivity index (χ4n) is 3.96. The maximum absolute atomic E-state index is 13.0. The Labute approximate surface area is 196 Å². The number of aromatic nitrogens is 3. The molecule has 2 N–H and O–H groups in total. The van der Waals surface area contributed by atoms with Crippen molar-refractivity contribution in [3.05, 3.63) is 88.0 Å². The van der Waals surface area contributed by atoms with Gasteiger partial charge < -0.3 is 15.0 Å². The number of aromatic amines is 1. The monoisotopic (exact) mass is 462 g/mol. The maximum atomic E-state index is 13.0. The fourth-order valence-corrected chi connectivity index (χ4v) is 4.70. The van der Waals surface area contributed by atoms with Crippen LogP contribution in [0.4, 0.5) is 0 Å². The van der Waals surface area contributed by atoms with Gasteiger partial charge in [-0.15, -0.1) is 0 Å². The highest BCUT2D eigenvalue weighted by atomic mass is 32.2. The summed E-state index contributed by atoms with van der Waals surface area (Å²) in [5, 5.41) is 10.5. The van der Waals surface area contributed by atoms with Crippen LogP contribution < -0.4 is 5.56 Å².